The lowest BCUT2D eigenvalue weighted by Gasteiger charge is -2.11. The van der Waals surface area contributed by atoms with E-state index in [1.807, 2.05) is 13.8 Å². The number of hydrogen-bond donors (Lipinski definition) is 1. The maximum atomic E-state index is 11.8. The first-order valence-electron chi connectivity index (χ1n) is 6.31. The molecule has 0 heterocycles. The standard InChI is InChI=1S/C14H15Cl2NO3/c1-7-3-4-10(15)13(12(7)16)17-11(18)6-20-14(19)9-5-8(9)2/h3-4,8-9H,5-6H2,1-2H3,(H,17,18)/t8-,9+/m0/s1. The number of ether oxygens (including phenoxy) is 1. The van der Waals surface area contributed by atoms with Gasteiger partial charge in [-0.25, -0.2) is 0 Å². The van der Waals surface area contributed by atoms with Crippen molar-refractivity contribution in [2.45, 2.75) is 20.3 Å². The van der Waals surface area contributed by atoms with Gasteiger partial charge < -0.3 is 10.1 Å². The van der Waals surface area contributed by atoms with Crippen molar-refractivity contribution in [3.63, 3.8) is 0 Å². The Balaban J connectivity index is 1.92. The number of carbonyl (C=O) groups is 2. The fourth-order valence-corrected chi connectivity index (χ4v) is 2.31. The summed E-state index contributed by atoms with van der Waals surface area (Å²) in [6.07, 6.45) is 0.829. The smallest absolute Gasteiger partial charge is 0.309 e. The maximum absolute atomic E-state index is 11.8. The average molecular weight is 316 g/mol. The van der Waals surface area contributed by atoms with Crippen LogP contribution in [0.3, 0.4) is 0 Å². The first-order chi connectivity index (χ1) is 9.40. The second-order valence-corrected chi connectivity index (χ2v) is 5.81. The van der Waals surface area contributed by atoms with Crippen LogP contribution in [0.4, 0.5) is 5.69 Å². The van der Waals surface area contributed by atoms with Crippen molar-refractivity contribution in [3.8, 4) is 0 Å². The molecular weight excluding hydrogens is 301 g/mol. The summed E-state index contributed by atoms with van der Waals surface area (Å²) < 4.78 is 4.94. The van der Waals surface area contributed by atoms with Gasteiger partial charge in [-0.05, 0) is 30.9 Å². The largest absolute Gasteiger partial charge is 0.455 e. The normalized spacial score (nSPS) is 20.4. The second-order valence-electron chi connectivity index (χ2n) is 5.03. The van der Waals surface area contributed by atoms with Gasteiger partial charge in [0.05, 0.1) is 21.7 Å². The molecule has 0 radical (unpaired) electrons. The predicted octanol–water partition coefficient (Wildman–Crippen LogP) is 3.44. The van der Waals surface area contributed by atoms with Crippen LogP contribution in [0.15, 0.2) is 12.1 Å². The van der Waals surface area contributed by atoms with Crippen LogP contribution < -0.4 is 5.32 Å². The highest BCUT2D eigenvalue weighted by atomic mass is 35.5. The van der Waals surface area contributed by atoms with E-state index in [2.05, 4.69) is 5.32 Å². The van der Waals surface area contributed by atoms with E-state index >= 15 is 0 Å². The molecule has 1 aliphatic rings. The Morgan fingerprint density at radius 2 is 2.05 bits per heavy atom. The van der Waals surface area contributed by atoms with Crippen LogP contribution in [0.5, 0.6) is 0 Å². The number of amides is 1. The highest BCUT2D eigenvalue weighted by molar-refractivity contribution is 6.40. The molecule has 1 aliphatic carbocycles. The van der Waals surface area contributed by atoms with Gasteiger partial charge in [0.2, 0.25) is 0 Å². The summed E-state index contributed by atoms with van der Waals surface area (Å²) in [6, 6.07) is 3.41. The van der Waals surface area contributed by atoms with Crippen molar-refractivity contribution in [1.29, 1.82) is 0 Å². The molecular formula is C14H15Cl2NO3. The van der Waals surface area contributed by atoms with Crippen LogP contribution in [0.2, 0.25) is 10.0 Å². The molecule has 0 saturated heterocycles. The van der Waals surface area contributed by atoms with E-state index in [4.69, 9.17) is 27.9 Å². The molecule has 0 aliphatic heterocycles. The van der Waals surface area contributed by atoms with Crippen molar-refractivity contribution in [2.75, 3.05) is 11.9 Å². The molecule has 2 atom stereocenters. The minimum absolute atomic E-state index is 0.0612. The molecule has 0 unspecified atom stereocenters. The summed E-state index contributed by atoms with van der Waals surface area (Å²) in [6.45, 7) is 3.45. The van der Waals surface area contributed by atoms with Gasteiger partial charge in [0.1, 0.15) is 0 Å². The van der Waals surface area contributed by atoms with E-state index in [1.54, 1.807) is 12.1 Å². The van der Waals surface area contributed by atoms with E-state index in [0.717, 1.165) is 12.0 Å². The Labute approximate surface area is 127 Å². The molecule has 1 aromatic rings. The Morgan fingerprint density at radius 3 is 2.65 bits per heavy atom. The van der Waals surface area contributed by atoms with E-state index in [0.29, 0.717) is 21.7 Å². The highest BCUT2D eigenvalue weighted by Gasteiger charge is 2.40. The summed E-state index contributed by atoms with van der Waals surface area (Å²) in [5.74, 6) is -0.490. The van der Waals surface area contributed by atoms with Gasteiger partial charge in [0, 0.05) is 0 Å². The molecule has 1 saturated carbocycles. The Morgan fingerprint density at radius 1 is 1.40 bits per heavy atom. The summed E-state index contributed by atoms with van der Waals surface area (Å²) in [5.41, 5.74) is 1.14. The zero-order valence-corrected chi connectivity index (χ0v) is 12.7. The number of halogens is 2. The first kappa shape index (κ1) is 15.1. The van der Waals surface area contributed by atoms with Crippen LogP contribution in [-0.2, 0) is 14.3 Å². The van der Waals surface area contributed by atoms with E-state index in [1.165, 1.54) is 0 Å². The van der Waals surface area contributed by atoms with E-state index < -0.39 is 5.91 Å². The average Bonchev–Trinajstić information content (AvgIpc) is 3.13. The van der Waals surface area contributed by atoms with Crippen molar-refractivity contribution in [1.82, 2.24) is 0 Å². The molecule has 1 amide bonds. The van der Waals surface area contributed by atoms with E-state index in [-0.39, 0.29) is 18.5 Å². The zero-order chi connectivity index (χ0) is 14.9. The Bertz CT molecular complexity index is 560. The summed E-state index contributed by atoms with van der Waals surface area (Å²) in [5, 5.41) is 3.29. The van der Waals surface area contributed by atoms with Gasteiger partial charge in [-0.15, -0.1) is 0 Å². The molecule has 2 rings (SSSR count). The summed E-state index contributed by atoms with van der Waals surface area (Å²) >= 11 is 12.1. The molecule has 1 N–H and O–H groups in total. The molecule has 108 valence electrons. The minimum atomic E-state index is -0.457. The Hall–Kier alpha value is -1.26. The topological polar surface area (TPSA) is 55.4 Å². The molecule has 6 heteroatoms. The van der Waals surface area contributed by atoms with Crippen LogP contribution >= 0.6 is 23.2 Å². The van der Waals surface area contributed by atoms with Gasteiger partial charge >= 0.3 is 5.97 Å². The summed E-state index contributed by atoms with van der Waals surface area (Å²) in [4.78, 5) is 23.3. The lowest BCUT2D eigenvalue weighted by molar-refractivity contribution is -0.148. The monoisotopic (exact) mass is 315 g/mol. The van der Waals surface area contributed by atoms with Crippen LogP contribution in [0, 0.1) is 18.8 Å². The van der Waals surface area contributed by atoms with Gasteiger partial charge in [0.15, 0.2) is 6.61 Å². The van der Waals surface area contributed by atoms with Gasteiger partial charge in [-0.2, -0.15) is 0 Å². The third-order valence-electron chi connectivity index (χ3n) is 3.31. The Kier molecular flexibility index (Phi) is 4.55. The zero-order valence-electron chi connectivity index (χ0n) is 11.2. The molecule has 0 aromatic heterocycles. The summed E-state index contributed by atoms with van der Waals surface area (Å²) in [7, 11) is 0. The number of benzene rings is 1. The fraction of sp³-hybridized carbons (Fsp3) is 0.429. The van der Waals surface area contributed by atoms with Crippen molar-refractivity contribution < 1.29 is 14.3 Å². The lowest BCUT2D eigenvalue weighted by atomic mass is 10.2. The number of nitrogens with one attached hydrogen (secondary N) is 1. The number of carbonyl (C=O) groups excluding carboxylic acids is 2. The van der Waals surface area contributed by atoms with Gasteiger partial charge in [-0.1, -0.05) is 36.2 Å². The third-order valence-corrected chi connectivity index (χ3v) is 4.11. The second kappa shape index (κ2) is 6.02. The maximum Gasteiger partial charge on any atom is 0.309 e. The van der Waals surface area contributed by atoms with Gasteiger partial charge in [0.25, 0.3) is 5.91 Å². The molecule has 20 heavy (non-hydrogen) atoms. The third kappa shape index (κ3) is 3.44. The molecule has 1 aromatic carbocycles. The number of esters is 1. The molecule has 0 spiro atoms. The minimum Gasteiger partial charge on any atom is -0.455 e. The first-order valence-corrected chi connectivity index (χ1v) is 7.07. The van der Waals surface area contributed by atoms with Crippen molar-refractivity contribution in [2.24, 2.45) is 11.8 Å². The number of hydrogen-bond acceptors (Lipinski definition) is 3. The number of rotatable bonds is 4. The molecule has 4 nitrogen and oxygen atoms in total. The predicted molar refractivity (Wildman–Crippen MR) is 78.1 cm³/mol. The van der Waals surface area contributed by atoms with Crippen LogP contribution in [0.25, 0.3) is 0 Å². The van der Waals surface area contributed by atoms with Crippen LogP contribution in [-0.4, -0.2) is 18.5 Å². The number of aryl methyl sites for hydroxylation is 1. The highest BCUT2D eigenvalue weighted by Crippen LogP contribution is 2.38. The van der Waals surface area contributed by atoms with Crippen LogP contribution in [0.1, 0.15) is 18.9 Å². The fourth-order valence-electron chi connectivity index (χ4n) is 1.84. The lowest BCUT2D eigenvalue weighted by Crippen LogP contribution is -2.22. The quantitative estimate of drug-likeness (QED) is 0.866. The molecule has 1 fully saturated rings. The van der Waals surface area contributed by atoms with E-state index in [9.17, 15) is 9.59 Å². The number of anilines is 1. The van der Waals surface area contributed by atoms with Crippen molar-refractivity contribution >= 4 is 40.8 Å². The molecule has 0 bridgehead atoms. The van der Waals surface area contributed by atoms with Crippen molar-refractivity contribution in [3.05, 3.63) is 27.7 Å². The van der Waals surface area contributed by atoms with Gasteiger partial charge in [-0.3, -0.25) is 9.59 Å². The SMILES string of the molecule is Cc1ccc(Cl)c(NC(=O)COC(=O)[C@@H]2C[C@@H]2C)c1Cl.